The Morgan fingerprint density at radius 2 is 2.06 bits per heavy atom. The molecular formula is C11H11F3O2S. The fraction of sp³-hybridized carbons (Fsp3) is 0.364. The highest BCUT2D eigenvalue weighted by molar-refractivity contribution is 7.97. The molecule has 0 radical (unpaired) electrons. The molecule has 0 fully saturated rings. The molecule has 0 aromatic heterocycles. The van der Waals surface area contributed by atoms with E-state index in [9.17, 15) is 18.0 Å². The van der Waals surface area contributed by atoms with E-state index in [0.717, 1.165) is 18.2 Å². The molecule has 2 nitrogen and oxygen atoms in total. The monoisotopic (exact) mass is 264 g/mol. The third kappa shape index (κ3) is 3.39. The van der Waals surface area contributed by atoms with Crippen molar-refractivity contribution in [3.05, 3.63) is 34.9 Å². The average Bonchev–Trinajstić information content (AvgIpc) is 2.27. The van der Waals surface area contributed by atoms with Crippen molar-refractivity contribution in [3.8, 4) is 0 Å². The lowest BCUT2D eigenvalue weighted by Crippen LogP contribution is -2.10. The van der Waals surface area contributed by atoms with E-state index in [1.807, 2.05) is 0 Å². The second kappa shape index (κ2) is 5.44. The van der Waals surface area contributed by atoms with Gasteiger partial charge < -0.3 is 4.74 Å². The standard InChI is InChI=1S/C11H11F3O2S/c1-16-10(15)9-4-3-8(11(12,13)14)5-7(9)6-17-2/h3-5H,6H2,1-2H3. The van der Waals surface area contributed by atoms with Crippen molar-refractivity contribution in [3.63, 3.8) is 0 Å². The largest absolute Gasteiger partial charge is 0.465 e. The molecule has 0 heterocycles. The molecule has 0 saturated heterocycles. The first-order valence-electron chi connectivity index (χ1n) is 4.67. The van der Waals surface area contributed by atoms with Gasteiger partial charge in [-0.3, -0.25) is 0 Å². The number of ether oxygens (including phenoxy) is 1. The smallest absolute Gasteiger partial charge is 0.416 e. The Bertz CT molecular complexity index is 416. The topological polar surface area (TPSA) is 26.3 Å². The van der Waals surface area contributed by atoms with Crippen molar-refractivity contribution in [1.82, 2.24) is 0 Å². The first-order chi connectivity index (χ1) is 7.90. The highest BCUT2D eigenvalue weighted by Crippen LogP contribution is 2.31. The van der Waals surface area contributed by atoms with Crippen LogP contribution < -0.4 is 0 Å². The quantitative estimate of drug-likeness (QED) is 0.783. The predicted molar refractivity (Wildman–Crippen MR) is 60.0 cm³/mol. The Balaban J connectivity index is 3.21. The summed E-state index contributed by atoms with van der Waals surface area (Å²) in [5.74, 6) is -0.295. The average molecular weight is 264 g/mol. The molecule has 0 bridgehead atoms. The van der Waals surface area contributed by atoms with E-state index < -0.39 is 17.7 Å². The van der Waals surface area contributed by atoms with Gasteiger partial charge in [-0.2, -0.15) is 24.9 Å². The number of alkyl halides is 3. The minimum absolute atomic E-state index is 0.176. The Hall–Kier alpha value is -1.17. The van der Waals surface area contributed by atoms with Crippen LogP contribution >= 0.6 is 11.8 Å². The fourth-order valence-electron chi connectivity index (χ4n) is 1.35. The Morgan fingerprint density at radius 3 is 2.53 bits per heavy atom. The lowest BCUT2D eigenvalue weighted by Gasteiger charge is -2.11. The number of thioether (sulfide) groups is 1. The van der Waals surface area contributed by atoms with Gasteiger partial charge >= 0.3 is 12.1 Å². The van der Waals surface area contributed by atoms with Crippen LogP contribution in [-0.4, -0.2) is 19.3 Å². The van der Waals surface area contributed by atoms with Gasteiger partial charge in [-0.05, 0) is 30.0 Å². The van der Waals surface area contributed by atoms with Crippen LogP contribution in [0, 0.1) is 0 Å². The maximum absolute atomic E-state index is 12.5. The van der Waals surface area contributed by atoms with Crippen LogP contribution in [-0.2, 0) is 16.7 Å². The molecule has 0 atom stereocenters. The third-order valence-electron chi connectivity index (χ3n) is 2.14. The van der Waals surface area contributed by atoms with Crippen molar-refractivity contribution < 1.29 is 22.7 Å². The number of carbonyl (C=O) groups is 1. The van der Waals surface area contributed by atoms with Crippen LogP contribution in [0.4, 0.5) is 13.2 Å². The van der Waals surface area contributed by atoms with E-state index in [2.05, 4.69) is 4.74 Å². The van der Waals surface area contributed by atoms with E-state index >= 15 is 0 Å². The molecule has 1 rings (SSSR count). The predicted octanol–water partition coefficient (Wildman–Crippen LogP) is 3.36. The van der Waals surface area contributed by atoms with E-state index in [0.29, 0.717) is 11.3 Å². The summed E-state index contributed by atoms with van der Waals surface area (Å²) in [6.07, 6.45) is -2.65. The zero-order chi connectivity index (χ0) is 13.1. The van der Waals surface area contributed by atoms with Crippen molar-refractivity contribution >= 4 is 17.7 Å². The number of carbonyl (C=O) groups excluding carboxylic acids is 1. The molecule has 0 aliphatic carbocycles. The third-order valence-corrected chi connectivity index (χ3v) is 2.74. The van der Waals surface area contributed by atoms with Gasteiger partial charge in [0, 0.05) is 5.75 Å². The second-order valence-electron chi connectivity index (χ2n) is 3.29. The summed E-state index contributed by atoms with van der Waals surface area (Å²) >= 11 is 1.34. The lowest BCUT2D eigenvalue weighted by atomic mass is 10.0. The van der Waals surface area contributed by atoms with Crippen molar-refractivity contribution in [2.45, 2.75) is 11.9 Å². The van der Waals surface area contributed by atoms with Gasteiger partial charge in [-0.25, -0.2) is 4.79 Å². The van der Waals surface area contributed by atoms with Gasteiger partial charge in [0.2, 0.25) is 0 Å². The number of esters is 1. The Morgan fingerprint density at radius 1 is 1.41 bits per heavy atom. The van der Waals surface area contributed by atoms with E-state index in [1.165, 1.54) is 18.9 Å². The molecule has 1 aromatic carbocycles. The number of benzene rings is 1. The molecule has 0 aliphatic rings. The molecule has 0 amide bonds. The van der Waals surface area contributed by atoms with Crippen molar-refractivity contribution in [2.24, 2.45) is 0 Å². The van der Waals surface area contributed by atoms with Crippen LogP contribution in [0.25, 0.3) is 0 Å². The Labute approximate surface area is 101 Å². The van der Waals surface area contributed by atoms with Crippen molar-refractivity contribution in [2.75, 3.05) is 13.4 Å². The van der Waals surface area contributed by atoms with Crippen LogP contribution in [0.3, 0.4) is 0 Å². The Kier molecular flexibility index (Phi) is 4.45. The van der Waals surface area contributed by atoms with Gasteiger partial charge in [0.15, 0.2) is 0 Å². The van der Waals surface area contributed by atoms with Gasteiger partial charge in [0.1, 0.15) is 0 Å². The summed E-state index contributed by atoms with van der Waals surface area (Å²) in [5.41, 5.74) is -0.247. The molecule has 0 saturated carbocycles. The van der Waals surface area contributed by atoms with Gasteiger partial charge in [0.25, 0.3) is 0 Å². The van der Waals surface area contributed by atoms with Gasteiger partial charge in [0.05, 0.1) is 18.2 Å². The minimum Gasteiger partial charge on any atom is -0.465 e. The van der Waals surface area contributed by atoms with Crippen LogP contribution in [0.15, 0.2) is 18.2 Å². The van der Waals surface area contributed by atoms with Crippen molar-refractivity contribution in [1.29, 1.82) is 0 Å². The summed E-state index contributed by atoms with van der Waals surface area (Å²) in [6, 6.07) is 3.03. The molecule has 6 heteroatoms. The molecule has 1 aromatic rings. The number of hydrogen-bond donors (Lipinski definition) is 0. The minimum atomic E-state index is -4.40. The first kappa shape index (κ1) is 13.9. The number of rotatable bonds is 3. The summed E-state index contributed by atoms with van der Waals surface area (Å²) in [6.45, 7) is 0. The molecule has 17 heavy (non-hydrogen) atoms. The van der Waals surface area contributed by atoms with Crippen LogP contribution in [0.1, 0.15) is 21.5 Å². The van der Waals surface area contributed by atoms with Gasteiger partial charge in [-0.15, -0.1) is 0 Å². The summed E-state index contributed by atoms with van der Waals surface area (Å²) < 4.78 is 42.0. The van der Waals surface area contributed by atoms with E-state index in [1.54, 1.807) is 6.26 Å². The molecule has 0 unspecified atom stereocenters. The van der Waals surface area contributed by atoms with Crippen LogP contribution in [0.2, 0.25) is 0 Å². The van der Waals surface area contributed by atoms with Gasteiger partial charge in [-0.1, -0.05) is 0 Å². The second-order valence-corrected chi connectivity index (χ2v) is 4.16. The fourth-order valence-corrected chi connectivity index (χ4v) is 1.90. The normalized spacial score (nSPS) is 11.4. The van der Waals surface area contributed by atoms with Crippen LogP contribution in [0.5, 0.6) is 0 Å². The summed E-state index contributed by atoms with van der Waals surface area (Å²) in [7, 11) is 1.20. The first-order valence-corrected chi connectivity index (χ1v) is 6.07. The lowest BCUT2D eigenvalue weighted by molar-refractivity contribution is -0.137. The molecule has 94 valence electrons. The van der Waals surface area contributed by atoms with E-state index in [-0.39, 0.29) is 5.56 Å². The maximum atomic E-state index is 12.5. The highest BCUT2D eigenvalue weighted by atomic mass is 32.2. The molecule has 0 N–H and O–H groups in total. The zero-order valence-corrected chi connectivity index (χ0v) is 10.1. The molecular weight excluding hydrogens is 253 g/mol. The molecule has 0 aliphatic heterocycles. The highest BCUT2D eigenvalue weighted by Gasteiger charge is 2.31. The summed E-state index contributed by atoms with van der Waals surface area (Å²) in [5, 5.41) is 0. The zero-order valence-electron chi connectivity index (χ0n) is 9.30. The van der Waals surface area contributed by atoms with E-state index in [4.69, 9.17) is 0 Å². The number of methoxy groups -OCH3 is 1. The number of hydrogen-bond acceptors (Lipinski definition) is 3. The maximum Gasteiger partial charge on any atom is 0.416 e. The summed E-state index contributed by atoms with van der Waals surface area (Å²) in [4.78, 5) is 11.4. The number of halogens is 3. The molecule has 0 spiro atoms. The SMILES string of the molecule is COC(=O)c1ccc(C(F)(F)F)cc1CSC.